The summed E-state index contributed by atoms with van der Waals surface area (Å²) in [7, 11) is 4.05. The van der Waals surface area contributed by atoms with E-state index in [1.165, 1.54) is 0 Å². The van der Waals surface area contributed by atoms with Gasteiger partial charge in [0.25, 0.3) is 5.91 Å². The molecule has 0 bridgehead atoms. The van der Waals surface area contributed by atoms with E-state index in [4.69, 9.17) is 0 Å². The van der Waals surface area contributed by atoms with E-state index in [1.807, 2.05) is 74.8 Å². The van der Waals surface area contributed by atoms with Gasteiger partial charge in [0.15, 0.2) is 0 Å². The SMILES string of the molecule is CC(CN(C)C)C(/C=C/c1ccccc1)=N/NC(=O)c1ccccc1. The van der Waals surface area contributed by atoms with Crippen LogP contribution in [0.2, 0.25) is 0 Å². The van der Waals surface area contributed by atoms with Crippen LogP contribution in [0.5, 0.6) is 0 Å². The summed E-state index contributed by atoms with van der Waals surface area (Å²) in [5, 5.41) is 4.37. The highest BCUT2D eigenvalue weighted by Gasteiger charge is 2.11. The van der Waals surface area contributed by atoms with Gasteiger partial charge in [-0.2, -0.15) is 5.10 Å². The summed E-state index contributed by atoms with van der Waals surface area (Å²) in [5.74, 6) is -0.0192. The lowest BCUT2D eigenvalue weighted by Crippen LogP contribution is -2.27. The Hall–Kier alpha value is -2.72. The predicted octanol–water partition coefficient (Wildman–Crippen LogP) is 3.68. The molecule has 0 spiro atoms. The normalized spacial score (nSPS) is 13.2. The summed E-state index contributed by atoms with van der Waals surface area (Å²) in [4.78, 5) is 14.3. The molecule has 1 unspecified atom stereocenters. The van der Waals surface area contributed by atoms with E-state index in [0.29, 0.717) is 5.56 Å². The maximum Gasteiger partial charge on any atom is 0.271 e. The van der Waals surface area contributed by atoms with Crippen molar-refractivity contribution in [2.75, 3.05) is 20.6 Å². The fourth-order valence-electron chi connectivity index (χ4n) is 2.47. The van der Waals surface area contributed by atoms with Crippen LogP contribution < -0.4 is 5.43 Å². The molecule has 0 aliphatic heterocycles. The van der Waals surface area contributed by atoms with Gasteiger partial charge in [0.05, 0.1) is 5.71 Å². The van der Waals surface area contributed by atoms with Gasteiger partial charge in [-0.05, 0) is 37.9 Å². The van der Waals surface area contributed by atoms with Gasteiger partial charge in [-0.1, -0.05) is 61.5 Å². The van der Waals surface area contributed by atoms with E-state index in [9.17, 15) is 4.79 Å². The lowest BCUT2D eigenvalue weighted by molar-refractivity contribution is 0.0954. The Morgan fingerprint density at radius 1 is 1.08 bits per heavy atom. The van der Waals surface area contributed by atoms with Crippen LogP contribution in [0.1, 0.15) is 22.8 Å². The van der Waals surface area contributed by atoms with Crippen molar-refractivity contribution in [1.29, 1.82) is 0 Å². The first-order chi connectivity index (χ1) is 12.1. The molecule has 4 heteroatoms. The first-order valence-electron chi connectivity index (χ1n) is 8.37. The first kappa shape index (κ1) is 18.6. The van der Waals surface area contributed by atoms with Gasteiger partial charge in [-0.3, -0.25) is 4.79 Å². The second kappa shape index (κ2) is 9.55. The number of carbonyl (C=O) groups is 1. The minimum absolute atomic E-state index is 0.186. The standard InChI is InChI=1S/C21H25N3O/c1-17(16-24(2)3)20(15-14-18-10-6-4-7-11-18)22-23-21(25)19-12-8-5-9-13-19/h4-15,17H,16H2,1-3H3,(H,23,25)/b15-14+,22-20+. The van der Waals surface area contributed by atoms with Crippen molar-refractivity contribution in [3.8, 4) is 0 Å². The van der Waals surface area contributed by atoms with Gasteiger partial charge in [-0.25, -0.2) is 5.43 Å². The summed E-state index contributed by atoms with van der Waals surface area (Å²) in [6.07, 6.45) is 3.98. The Bertz CT molecular complexity index is 721. The molecule has 0 aromatic heterocycles. The van der Waals surface area contributed by atoms with Crippen LogP contribution in [0.3, 0.4) is 0 Å². The number of nitrogens with one attached hydrogen (secondary N) is 1. The Morgan fingerprint density at radius 3 is 2.28 bits per heavy atom. The number of hydrogen-bond donors (Lipinski definition) is 1. The Balaban J connectivity index is 2.15. The summed E-state index contributed by atoms with van der Waals surface area (Å²) >= 11 is 0. The lowest BCUT2D eigenvalue weighted by atomic mass is 10.0. The molecular formula is C21H25N3O. The minimum atomic E-state index is -0.205. The fraction of sp³-hybridized carbons (Fsp3) is 0.238. The fourth-order valence-corrected chi connectivity index (χ4v) is 2.47. The molecule has 1 amide bonds. The maximum absolute atomic E-state index is 12.2. The van der Waals surface area contributed by atoms with Gasteiger partial charge in [0.2, 0.25) is 0 Å². The summed E-state index contributed by atoms with van der Waals surface area (Å²) in [5.41, 5.74) is 5.20. The molecule has 4 nitrogen and oxygen atoms in total. The molecule has 0 saturated carbocycles. The summed E-state index contributed by atoms with van der Waals surface area (Å²) < 4.78 is 0. The molecule has 2 rings (SSSR count). The van der Waals surface area contributed by atoms with Gasteiger partial charge < -0.3 is 4.90 Å². The maximum atomic E-state index is 12.2. The molecule has 0 aliphatic carbocycles. The molecule has 130 valence electrons. The highest BCUT2D eigenvalue weighted by molar-refractivity contribution is 6.01. The second-order valence-corrected chi connectivity index (χ2v) is 6.25. The lowest BCUT2D eigenvalue weighted by Gasteiger charge is -2.17. The monoisotopic (exact) mass is 335 g/mol. The average molecular weight is 335 g/mol. The zero-order valence-electron chi connectivity index (χ0n) is 15.0. The predicted molar refractivity (Wildman–Crippen MR) is 105 cm³/mol. The third-order valence-electron chi connectivity index (χ3n) is 3.71. The highest BCUT2D eigenvalue weighted by atomic mass is 16.2. The second-order valence-electron chi connectivity index (χ2n) is 6.25. The quantitative estimate of drug-likeness (QED) is 0.619. The molecule has 0 radical (unpaired) electrons. The molecule has 0 heterocycles. The van der Waals surface area contributed by atoms with E-state index in [1.54, 1.807) is 12.1 Å². The van der Waals surface area contributed by atoms with Gasteiger partial charge >= 0.3 is 0 Å². The van der Waals surface area contributed by atoms with E-state index in [2.05, 4.69) is 22.4 Å². The minimum Gasteiger partial charge on any atom is -0.309 e. The molecule has 2 aromatic rings. The number of amides is 1. The molecule has 25 heavy (non-hydrogen) atoms. The van der Waals surface area contributed by atoms with Crippen LogP contribution in [0.15, 0.2) is 71.8 Å². The zero-order valence-corrected chi connectivity index (χ0v) is 15.0. The van der Waals surface area contributed by atoms with Crippen LogP contribution in [0, 0.1) is 5.92 Å². The number of hydrazone groups is 1. The first-order valence-corrected chi connectivity index (χ1v) is 8.37. The Kier molecular flexibility index (Phi) is 7.11. The van der Waals surface area contributed by atoms with Crippen LogP contribution >= 0.6 is 0 Å². The van der Waals surface area contributed by atoms with E-state index >= 15 is 0 Å². The van der Waals surface area contributed by atoms with E-state index in [-0.39, 0.29) is 11.8 Å². The highest BCUT2D eigenvalue weighted by Crippen LogP contribution is 2.07. The van der Waals surface area contributed by atoms with Crippen LogP contribution in [-0.2, 0) is 0 Å². The van der Waals surface area contributed by atoms with Crippen LogP contribution in [0.25, 0.3) is 6.08 Å². The molecule has 0 fully saturated rings. The number of allylic oxidation sites excluding steroid dienone is 1. The van der Waals surface area contributed by atoms with Crippen molar-refractivity contribution in [3.05, 3.63) is 77.9 Å². The smallest absolute Gasteiger partial charge is 0.271 e. The Labute approximate surface area is 149 Å². The molecule has 1 N–H and O–H groups in total. The van der Waals surface area contributed by atoms with Crippen LogP contribution in [0.4, 0.5) is 0 Å². The van der Waals surface area contributed by atoms with Gasteiger partial charge in [0.1, 0.15) is 0 Å². The third kappa shape index (κ3) is 6.36. The van der Waals surface area contributed by atoms with Crippen molar-refractivity contribution >= 4 is 17.7 Å². The zero-order chi connectivity index (χ0) is 18.1. The number of nitrogens with zero attached hydrogens (tertiary/aromatic N) is 2. The van der Waals surface area contributed by atoms with Gasteiger partial charge in [0, 0.05) is 18.0 Å². The van der Waals surface area contributed by atoms with Crippen molar-refractivity contribution in [1.82, 2.24) is 10.3 Å². The molecule has 1 atom stereocenters. The number of rotatable bonds is 7. The topological polar surface area (TPSA) is 44.7 Å². The average Bonchev–Trinajstić information content (AvgIpc) is 2.62. The van der Waals surface area contributed by atoms with Crippen LogP contribution in [-0.4, -0.2) is 37.2 Å². The number of carbonyl (C=O) groups excluding carboxylic acids is 1. The van der Waals surface area contributed by atoms with E-state index in [0.717, 1.165) is 17.8 Å². The molecule has 0 aliphatic rings. The van der Waals surface area contributed by atoms with Crippen molar-refractivity contribution < 1.29 is 4.79 Å². The Morgan fingerprint density at radius 2 is 1.68 bits per heavy atom. The summed E-state index contributed by atoms with van der Waals surface area (Å²) in [6, 6.07) is 19.1. The van der Waals surface area contributed by atoms with Gasteiger partial charge in [-0.15, -0.1) is 0 Å². The largest absolute Gasteiger partial charge is 0.309 e. The van der Waals surface area contributed by atoms with Crippen molar-refractivity contribution in [2.24, 2.45) is 11.0 Å². The number of hydrogen-bond acceptors (Lipinski definition) is 3. The van der Waals surface area contributed by atoms with E-state index < -0.39 is 0 Å². The number of benzene rings is 2. The summed E-state index contributed by atoms with van der Waals surface area (Å²) in [6.45, 7) is 2.95. The molecule has 2 aromatic carbocycles. The molecule has 0 saturated heterocycles. The van der Waals surface area contributed by atoms with Crippen molar-refractivity contribution in [2.45, 2.75) is 6.92 Å². The van der Waals surface area contributed by atoms with Crippen molar-refractivity contribution in [3.63, 3.8) is 0 Å². The molecular weight excluding hydrogens is 310 g/mol. The third-order valence-corrected chi connectivity index (χ3v) is 3.71.